The quantitative estimate of drug-likeness (QED) is 0.850. The number of amides is 3. The number of imide groups is 1. The molecule has 7 nitrogen and oxygen atoms in total. The van der Waals surface area contributed by atoms with Crippen molar-refractivity contribution < 1.29 is 14.3 Å². The zero-order valence-electron chi connectivity index (χ0n) is 13.0. The molecule has 0 saturated carbocycles. The van der Waals surface area contributed by atoms with E-state index >= 15 is 0 Å². The first-order chi connectivity index (χ1) is 11.0. The lowest BCUT2D eigenvalue weighted by Crippen LogP contribution is -2.47. The molecule has 3 amide bonds. The summed E-state index contributed by atoms with van der Waals surface area (Å²) in [6.45, 7) is 2.40. The van der Waals surface area contributed by atoms with Crippen molar-refractivity contribution in [2.45, 2.75) is 25.6 Å². The van der Waals surface area contributed by atoms with E-state index in [0.29, 0.717) is 12.3 Å². The van der Waals surface area contributed by atoms with Crippen LogP contribution >= 0.6 is 0 Å². The van der Waals surface area contributed by atoms with Crippen molar-refractivity contribution in [3.05, 3.63) is 48.3 Å². The maximum Gasteiger partial charge on any atom is 0.329 e. The number of rotatable bonds is 5. The van der Waals surface area contributed by atoms with Gasteiger partial charge in [-0.3, -0.25) is 9.48 Å². The molecular weight excluding hydrogens is 296 g/mol. The van der Waals surface area contributed by atoms with Gasteiger partial charge in [0.1, 0.15) is 5.54 Å². The number of carbonyl (C=O) groups excluding carboxylic acids is 2. The molecule has 7 heteroatoms. The van der Waals surface area contributed by atoms with E-state index in [1.54, 1.807) is 55.4 Å². The van der Waals surface area contributed by atoms with Gasteiger partial charge in [0.05, 0.1) is 18.8 Å². The number of nitrogens with zero attached hydrogens (tertiary/aromatic N) is 3. The summed E-state index contributed by atoms with van der Waals surface area (Å²) in [4.78, 5) is 26.3. The molecule has 1 aromatic heterocycles. The minimum atomic E-state index is -1.03. The van der Waals surface area contributed by atoms with Gasteiger partial charge in [0, 0.05) is 19.5 Å². The zero-order chi connectivity index (χ0) is 16.4. The monoisotopic (exact) mass is 314 g/mol. The van der Waals surface area contributed by atoms with Crippen LogP contribution in [0.3, 0.4) is 0 Å². The van der Waals surface area contributed by atoms with Crippen LogP contribution in [-0.2, 0) is 22.7 Å². The van der Waals surface area contributed by atoms with E-state index in [2.05, 4.69) is 10.4 Å². The van der Waals surface area contributed by atoms with Crippen molar-refractivity contribution in [3.8, 4) is 0 Å². The molecule has 23 heavy (non-hydrogen) atoms. The molecule has 3 rings (SSSR count). The van der Waals surface area contributed by atoms with Gasteiger partial charge in [-0.2, -0.15) is 5.10 Å². The van der Waals surface area contributed by atoms with Gasteiger partial charge < -0.3 is 10.1 Å². The molecule has 1 fully saturated rings. The van der Waals surface area contributed by atoms with Crippen molar-refractivity contribution in [2.75, 3.05) is 12.0 Å². The van der Waals surface area contributed by atoms with Crippen LogP contribution in [0.1, 0.15) is 12.5 Å². The fourth-order valence-corrected chi connectivity index (χ4v) is 2.70. The van der Waals surface area contributed by atoms with Crippen LogP contribution in [0.5, 0.6) is 0 Å². The number of carbonyl (C=O) groups is 2. The lowest BCUT2D eigenvalue weighted by Gasteiger charge is -2.21. The third-order valence-electron chi connectivity index (χ3n) is 3.78. The first-order valence-corrected chi connectivity index (χ1v) is 7.25. The number of nitrogens with one attached hydrogen (secondary N) is 1. The molecule has 1 aliphatic rings. The van der Waals surface area contributed by atoms with Gasteiger partial charge in [0.25, 0.3) is 5.91 Å². The van der Waals surface area contributed by atoms with Crippen LogP contribution in [0.25, 0.3) is 0 Å². The van der Waals surface area contributed by atoms with Crippen LogP contribution in [0.2, 0.25) is 0 Å². The highest BCUT2D eigenvalue weighted by Crippen LogP contribution is 2.26. The third kappa shape index (κ3) is 2.83. The van der Waals surface area contributed by atoms with Crippen LogP contribution in [-0.4, -0.2) is 34.4 Å². The highest BCUT2D eigenvalue weighted by Gasteiger charge is 2.48. The Kier molecular flexibility index (Phi) is 3.87. The number of hydrogen-bond acceptors (Lipinski definition) is 4. The van der Waals surface area contributed by atoms with Crippen LogP contribution in [0.15, 0.2) is 42.7 Å². The van der Waals surface area contributed by atoms with E-state index in [4.69, 9.17) is 4.74 Å². The molecule has 1 atom stereocenters. The van der Waals surface area contributed by atoms with Crippen LogP contribution < -0.4 is 10.2 Å². The number of aromatic nitrogens is 2. The first-order valence-electron chi connectivity index (χ1n) is 7.25. The van der Waals surface area contributed by atoms with Gasteiger partial charge in [-0.05, 0) is 30.7 Å². The molecule has 0 aliphatic carbocycles. The summed E-state index contributed by atoms with van der Waals surface area (Å²) in [7, 11) is 1.60. The molecule has 0 radical (unpaired) electrons. The Morgan fingerprint density at radius 3 is 2.83 bits per heavy atom. The summed E-state index contributed by atoms with van der Waals surface area (Å²) in [5.74, 6) is -0.299. The maximum atomic E-state index is 12.8. The summed E-state index contributed by atoms with van der Waals surface area (Å²) in [6.07, 6.45) is 3.39. The Morgan fingerprint density at radius 2 is 2.13 bits per heavy atom. The lowest BCUT2D eigenvalue weighted by molar-refractivity contribution is -0.122. The summed E-state index contributed by atoms with van der Waals surface area (Å²) in [6, 6.07) is 8.54. The lowest BCUT2D eigenvalue weighted by atomic mass is 10.0. The number of benzene rings is 1. The predicted octanol–water partition coefficient (Wildman–Crippen LogP) is 1.54. The minimum Gasteiger partial charge on any atom is -0.380 e. The molecule has 120 valence electrons. The molecule has 2 heterocycles. The fourth-order valence-electron chi connectivity index (χ4n) is 2.70. The van der Waals surface area contributed by atoms with Gasteiger partial charge in [0.2, 0.25) is 0 Å². The second-order valence-electron chi connectivity index (χ2n) is 5.71. The van der Waals surface area contributed by atoms with Crippen LogP contribution in [0.4, 0.5) is 10.5 Å². The van der Waals surface area contributed by atoms with E-state index in [1.807, 2.05) is 6.07 Å². The van der Waals surface area contributed by atoms with Crippen LogP contribution in [0, 0.1) is 0 Å². The molecule has 0 spiro atoms. The second-order valence-corrected chi connectivity index (χ2v) is 5.71. The second kappa shape index (κ2) is 5.85. The van der Waals surface area contributed by atoms with E-state index in [-0.39, 0.29) is 12.5 Å². The van der Waals surface area contributed by atoms with E-state index < -0.39 is 11.6 Å². The van der Waals surface area contributed by atoms with Gasteiger partial charge in [-0.25, -0.2) is 9.69 Å². The maximum absolute atomic E-state index is 12.8. The Morgan fingerprint density at radius 1 is 1.30 bits per heavy atom. The van der Waals surface area contributed by atoms with Crippen molar-refractivity contribution >= 4 is 17.6 Å². The molecule has 1 aromatic carbocycles. The Labute approximate surface area is 133 Å². The molecule has 0 bridgehead atoms. The van der Waals surface area contributed by atoms with Gasteiger partial charge in [-0.1, -0.05) is 12.1 Å². The number of ether oxygens (including phenoxy) is 1. The van der Waals surface area contributed by atoms with E-state index in [9.17, 15) is 9.59 Å². The number of anilines is 1. The largest absolute Gasteiger partial charge is 0.380 e. The molecule has 1 aliphatic heterocycles. The predicted molar refractivity (Wildman–Crippen MR) is 83.8 cm³/mol. The van der Waals surface area contributed by atoms with Crippen molar-refractivity contribution in [1.82, 2.24) is 15.1 Å². The standard InChI is InChI=1S/C16H18N4O3/c1-16(11-19-8-4-7-17-19)14(21)20(15(22)18-16)13-6-3-5-12(9-13)10-23-2/h3-9H,10-11H2,1-2H3,(H,18,22). The summed E-state index contributed by atoms with van der Waals surface area (Å²) < 4.78 is 6.72. The van der Waals surface area contributed by atoms with Crippen molar-refractivity contribution in [1.29, 1.82) is 0 Å². The molecular formula is C16H18N4O3. The Bertz CT molecular complexity index is 729. The zero-order valence-corrected chi connectivity index (χ0v) is 13.0. The number of methoxy groups -OCH3 is 1. The van der Waals surface area contributed by atoms with Crippen molar-refractivity contribution in [3.63, 3.8) is 0 Å². The highest BCUT2D eigenvalue weighted by molar-refractivity contribution is 6.23. The summed E-state index contributed by atoms with van der Waals surface area (Å²) in [5, 5.41) is 6.86. The van der Waals surface area contributed by atoms with Gasteiger partial charge in [-0.15, -0.1) is 0 Å². The Hall–Kier alpha value is -2.67. The third-order valence-corrected chi connectivity index (χ3v) is 3.78. The normalized spacial score (nSPS) is 20.9. The topological polar surface area (TPSA) is 76.5 Å². The van der Waals surface area contributed by atoms with Gasteiger partial charge in [0.15, 0.2) is 0 Å². The van der Waals surface area contributed by atoms with Crippen molar-refractivity contribution in [2.24, 2.45) is 0 Å². The summed E-state index contributed by atoms with van der Waals surface area (Å²) >= 11 is 0. The Balaban J connectivity index is 1.88. The SMILES string of the molecule is COCc1cccc(N2C(=O)NC(C)(Cn3cccn3)C2=O)c1. The van der Waals surface area contributed by atoms with E-state index in [0.717, 1.165) is 5.56 Å². The number of urea groups is 1. The van der Waals surface area contributed by atoms with Gasteiger partial charge >= 0.3 is 6.03 Å². The average Bonchev–Trinajstić information content (AvgIpc) is 3.07. The molecule has 1 saturated heterocycles. The first kappa shape index (κ1) is 15.2. The number of hydrogen-bond donors (Lipinski definition) is 1. The minimum absolute atomic E-state index is 0.277. The molecule has 2 aromatic rings. The molecule has 1 N–H and O–H groups in total. The smallest absolute Gasteiger partial charge is 0.329 e. The van der Waals surface area contributed by atoms with E-state index in [1.165, 1.54) is 4.90 Å². The average molecular weight is 314 g/mol. The summed E-state index contributed by atoms with van der Waals surface area (Å²) in [5.41, 5.74) is 0.401. The fraction of sp³-hybridized carbons (Fsp3) is 0.312. The highest BCUT2D eigenvalue weighted by atomic mass is 16.5. The molecule has 1 unspecified atom stereocenters.